The third kappa shape index (κ3) is 2.71. The van der Waals surface area contributed by atoms with Crippen molar-refractivity contribution in [1.82, 2.24) is 15.5 Å². The number of nitrogens with zero attached hydrogens (tertiary/aromatic N) is 1. The Morgan fingerprint density at radius 2 is 2.11 bits per heavy atom. The van der Waals surface area contributed by atoms with Gasteiger partial charge in [0.15, 0.2) is 0 Å². The Bertz CT molecular complexity index is 490. The molecule has 1 atom stereocenters. The zero-order chi connectivity index (χ0) is 13.0. The van der Waals surface area contributed by atoms with Crippen molar-refractivity contribution < 1.29 is 5.11 Å². The van der Waals surface area contributed by atoms with E-state index in [9.17, 15) is 5.11 Å². The van der Waals surface area contributed by atoms with E-state index < -0.39 is 6.10 Å². The number of aliphatic hydroxyl groups is 1. The second kappa shape index (κ2) is 5.98. The van der Waals surface area contributed by atoms with Crippen LogP contribution in [-0.4, -0.2) is 27.9 Å². The summed E-state index contributed by atoms with van der Waals surface area (Å²) in [5.41, 5.74) is 1.90. The van der Waals surface area contributed by atoms with Crippen LogP contribution in [0.1, 0.15) is 38.4 Å². The molecule has 4 heteroatoms. The molecule has 0 fully saturated rings. The van der Waals surface area contributed by atoms with Crippen LogP contribution in [-0.2, 0) is 0 Å². The molecule has 98 valence electrons. The molecule has 0 aliphatic heterocycles. The van der Waals surface area contributed by atoms with Crippen LogP contribution >= 0.6 is 0 Å². The minimum absolute atomic E-state index is 0.475. The lowest BCUT2D eigenvalue weighted by atomic mass is 10.0. The van der Waals surface area contributed by atoms with Gasteiger partial charge in [0, 0.05) is 18.0 Å². The van der Waals surface area contributed by atoms with Gasteiger partial charge in [0.1, 0.15) is 0 Å². The van der Waals surface area contributed by atoms with Crippen LogP contribution in [0.25, 0.3) is 10.9 Å². The number of hydrogen-bond donors (Lipinski definition) is 3. The Morgan fingerprint density at radius 3 is 2.83 bits per heavy atom. The van der Waals surface area contributed by atoms with Crippen molar-refractivity contribution in [2.75, 3.05) is 6.54 Å². The lowest BCUT2D eigenvalue weighted by Gasteiger charge is -2.18. The topological polar surface area (TPSA) is 60.9 Å². The van der Waals surface area contributed by atoms with E-state index >= 15 is 0 Å². The molecule has 0 aliphatic carbocycles. The molecule has 0 saturated carbocycles. The average molecular weight is 247 g/mol. The van der Waals surface area contributed by atoms with Crippen LogP contribution < -0.4 is 5.32 Å². The van der Waals surface area contributed by atoms with Crippen LogP contribution in [0.3, 0.4) is 0 Å². The van der Waals surface area contributed by atoms with Gasteiger partial charge in [-0.3, -0.25) is 5.10 Å². The van der Waals surface area contributed by atoms with Crippen molar-refractivity contribution in [3.63, 3.8) is 0 Å². The van der Waals surface area contributed by atoms with E-state index in [0.29, 0.717) is 12.6 Å². The molecule has 3 N–H and O–H groups in total. The third-order valence-corrected chi connectivity index (χ3v) is 3.46. The van der Waals surface area contributed by atoms with Crippen LogP contribution in [0.5, 0.6) is 0 Å². The number of aromatic amines is 1. The van der Waals surface area contributed by atoms with Gasteiger partial charge in [-0.15, -0.1) is 0 Å². The maximum atomic E-state index is 10.3. The first-order chi connectivity index (χ1) is 8.76. The number of H-pyrrole nitrogens is 1. The molecule has 2 rings (SSSR count). The van der Waals surface area contributed by atoms with Crippen molar-refractivity contribution in [1.29, 1.82) is 0 Å². The molecule has 0 saturated heterocycles. The van der Waals surface area contributed by atoms with Crippen molar-refractivity contribution in [3.8, 4) is 0 Å². The monoisotopic (exact) mass is 247 g/mol. The van der Waals surface area contributed by atoms with Gasteiger partial charge < -0.3 is 10.4 Å². The lowest BCUT2D eigenvalue weighted by Crippen LogP contribution is -2.31. The van der Waals surface area contributed by atoms with E-state index in [1.807, 2.05) is 18.2 Å². The summed E-state index contributed by atoms with van der Waals surface area (Å²) < 4.78 is 0. The molecule has 1 heterocycles. The highest BCUT2D eigenvalue weighted by molar-refractivity contribution is 5.81. The van der Waals surface area contributed by atoms with Gasteiger partial charge in [0.25, 0.3) is 0 Å². The Balaban J connectivity index is 2.08. The Hall–Kier alpha value is -1.39. The SMILES string of the molecule is CCC(CC)NC[C@H](O)c1cccc2[nH]ncc12. The molecule has 0 unspecified atom stereocenters. The summed E-state index contributed by atoms with van der Waals surface area (Å²) in [4.78, 5) is 0. The lowest BCUT2D eigenvalue weighted by molar-refractivity contribution is 0.170. The molecule has 0 bridgehead atoms. The van der Waals surface area contributed by atoms with Crippen LogP contribution in [0.15, 0.2) is 24.4 Å². The summed E-state index contributed by atoms with van der Waals surface area (Å²) in [5.74, 6) is 0. The highest BCUT2D eigenvalue weighted by Crippen LogP contribution is 2.22. The van der Waals surface area contributed by atoms with Gasteiger partial charge in [-0.05, 0) is 24.5 Å². The fraction of sp³-hybridized carbons (Fsp3) is 0.500. The second-order valence-corrected chi connectivity index (χ2v) is 4.62. The minimum Gasteiger partial charge on any atom is -0.387 e. The number of fused-ring (bicyclic) bond motifs is 1. The van der Waals surface area contributed by atoms with E-state index in [4.69, 9.17) is 0 Å². The predicted molar refractivity (Wildman–Crippen MR) is 73.4 cm³/mol. The summed E-state index contributed by atoms with van der Waals surface area (Å²) in [7, 11) is 0. The molecule has 0 aliphatic rings. The molecule has 2 aromatic rings. The minimum atomic E-state index is -0.494. The predicted octanol–water partition coefficient (Wildman–Crippen LogP) is 2.37. The van der Waals surface area contributed by atoms with Gasteiger partial charge >= 0.3 is 0 Å². The maximum Gasteiger partial charge on any atom is 0.0921 e. The zero-order valence-electron chi connectivity index (χ0n) is 11.0. The van der Waals surface area contributed by atoms with Crippen molar-refractivity contribution in [3.05, 3.63) is 30.0 Å². The van der Waals surface area contributed by atoms with E-state index in [1.165, 1.54) is 0 Å². The molecule has 0 amide bonds. The van der Waals surface area contributed by atoms with Gasteiger partial charge in [0.2, 0.25) is 0 Å². The summed E-state index contributed by atoms with van der Waals surface area (Å²) >= 11 is 0. The standard InChI is InChI=1S/C14H21N3O/c1-3-10(4-2)15-9-14(18)11-6-5-7-13-12(11)8-16-17-13/h5-8,10,14-15,18H,3-4,9H2,1-2H3,(H,16,17)/t14-/m0/s1. The number of benzene rings is 1. The zero-order valence-corrected chi connectivity index (χ0v) is 11.0. The van der Waals surface area contributed by atoms with E-state index in [2.05, 4.69) is 29.4 Å². The summed E-state index contributed by atoms with van der Waals surface area (Å²) in [6.07, 6.45) is 3.44. The summed E-state index contributed by atoms with van der Waals surface area (Å²) in [6, 6.07) is 6.34. The highest BCUT2D eigenvalue weighted by Gasteiger charge is 2.13. The molecular weight excluding hydrogens is 226 g/mol. The summed E-state index contributed by atoms with van der Waals surface area (Å²) in [5, 5.41) is 21.6. The smallest absolute Gasteiger partial charge is 0.0921 e. The third-order valence-electron chi connectivity index (χ3n) is 3.46. The number of aliphatic hydroxyl groups excluding tert-OH is 1. The Labute approximate surface area is 107 Å². The molecule has 1 aromatic carbocycles. The van der Waals surface area contributed by atoms with Crippen LogP contribution in [0.4, 0.5) is 0 Å². The summed E-state index contributed by atoms with van der Waals surface area (Å²) in [6.45, 7) is 4.89. The first kappa shape index (κ1) is 13.1. The number of hydrogen-bond acceptors (Lipinski definition) is 3. The van der Waals surface area contributed by atoms with Gasteiger partial charge in [-0.2, -0.15) is 5.10 Å². The van der Waals surface area contributed by atoms with Crippen molar-refractivity contribution >= 4 is 10.9 Å². The maximum absolute atomic E-state index is 10.3. The van der Waals surface area contributed by atoms with E-state index in [1.54, 1.807) is 6.20 Å². The van der Waals surface area contributed by atoms with Gasteiger partial charge in [0.05, 0.1) is 17.8 Å². The molecule has 0 radical (unpaired) electrons. The highest BCUT2D eigenvalue weighted by atomic mass is 16.3. The number of rotatable bonds is 6. The normalized spacial score (nSPS) is 13.3. The second-order valence-electron chi connectivity index (χ2n) is 4.62. The van der Waals surface area contributed by atoms with Crippen molar-refractivity contribution in [2.24, 2.45) is 0 Å². The largest absolute Gasteiger partial charge is 0.387 e. The molecular formula is C14H21N3O. The number of aromatic nitrogens is 2. The molecule has 0 spiro atoms. The van der Waals surface area contributed by atoms with Crippen LogP contribution in [0, 0.1) is 0 Å². The number of nitrogens with one attached hydrogen (secondary N) is 2. The van der Waals surface area contributed by atoms with Gasteiger partial charge in [-0.1, -0.05) is 26.0 Å². The Morgan fingerprint density at radius 1 is 1.33 bits per heavy atom. The molecule has 4 nitrogen and oxygen atoms in total. The Kier molecular flexibility index (Phi) is 4.33. The average Bonchev–Trinajstić information content (AvgIpc) is 2.87. The van der Waals surface area contributed by atoms with E-state index in [-0.39, 0.29) is 0 Å². The fourth-order valence-corrected chi connectivity index (χ4v) is 2.25. The van der Waals surface area contributed by atoms with Crippen LogP contribution in [0.2, 0.25) is 0 Å². The van der Waals surface area contributed by atoms with E-state index in [0.717, 1.165) is 29.3 Å². The first-order valence-electron chi connectivity index (χ1n) is 6.59. The quantitative estimate of drug-likeness (QED) is 0.734. The first-order valence-corrected chi connectivity index (χ1v) is 6.59. The molecule has 18 heavy (non-hydrogen) atoms. The van der Waals surface area contributed by atoms with Crippen molar-refractivity contribution in [2.45, 2.75) is 38.8 Å². The van der Waals surface area contributed by atoms with Gasteiger partial charge in [-0.25, -0.2) is 0 Å². The fourth-order valence-electron chi connectivity index (χ4n) is 2.25. The molecule has 1 aromatic heterocycles.